The highest BCUT2D eigenvalue weighted by Crippen LogP contribution is 2.29. The lowest BCUT2D eigenvalue weighted by Crippen LogP contribution is -2.36. The first-order valence-corrected chi connectivity index (χ1v) is 8.61. The molecule has 0 bridgehead atoms. The van der Waals surface area contributed by atoms with E-state index in [0.717, 1.165) is 24.3 Å². The van der Waals surface area contributed by atoms with Gasteiger partial charge in [-0.15, -0.1) is 0 Å². The molecule has 0 saturated carbocycles. The zero-order chi connectivity index (χ0) is 20.7. The van der Waals surface area contributed by atoms with Gasteiger partial charge in [-0.1, -0.05) is 25.1 Å². The Bertz CT molecular complexity index is 791. The van der Waals surface area contributed by atoms with Gasteiger partial charge in [-0.05, 0) is 49.7 Å². The third-order valence-corrected chi connectivity index (χ3v) is 3.80. The van der Waals surface area contributed by atoms with Crippen LogP contribution in [0.15, 0.2) is 54.6 Å². The van der Waals surface area contributed by atoms with Crippen molar-refractivity contribution in [1.29, 1.82) is 0 Å². The van der Waals surface area contributed by atoms with Crippen LogP contribution in [0.3, 0.4) is 0 Å². The van der Waals surface area contributed by atoms with E-state index >= 15 is 0 Å². The highest BCUT2D eigenvalue weighted by Gasteiger charge is 2.30. The molecular weight excluding hydrogens is 375 g/mol. The summed E-state index contributed by atoms with van der Waals surface area (Å²) in [6, 6.07) is 12.7. The standard InChI is InChI=1S/C20H20F3NO4/c1-3-17(28-16-7-5-4-6-8-16)19(26)27-13(2)18(25)24-15-11-9-14(10-12-15)20(21,22)23/h4-13,17H,3H2,1-2H3,(H,24,25)/t13-,17+/m0/s1. The molecule has 0 aliphatic heterocycles. The van der Waals surface area contributed by atoms with Crippen molar-refractivity contribution in [2.24, 2.45) is 0 Å². The van der Waals surface area contributed by atoms with E-state index in [2.05, 4.69) is 5.32 Å². The predicted octanol–water partition coefficient (Wildman–Crippen LogP) is 4.43. The number of esters is 1. The molecule has 0 radical (unpaired) electrons. The van der Waals surface area contributed by atoms with E-state index in [1.54, 1.807) is 37.3 Å². The van der Waals surface area contributed by atoms with Gasteiger partial charge in [0.05, 0.1) is 5.56 Å². The number of anilines is 1. The zero-order valence-electron chi connectivity index (χ0n) is 15.3. The fourth-order valence-electron chi connectivity index (χ4n) is 2.25. The number of ether oxygens (including phenoxy) is 2. The van der Waals surface area contributed by atoms with Gasteiger partial charge in [-0.2, -0.15) is 13.2 Å². The predicted molar refractivity (Wildman–Crippen MR) is 96.8 cm³/mol. The zero-order valence-corrected chi connectivity index (χ0v) is 15.3. The number of benzene rings is 2. The molecule has 2 aromatic rings. The van der Waals surface area contributed by atoms with Gasteiger partial charge in [0.15, 0.2) is 12.2 Å². The fourth-order valence-corrected chi connectivity index (χ4v) is 2.25. The Morgan fingerprint density at radius 2 is 1.64 bits per heavy atom. The summed E-state index contributed by atoms with van der Waals surface area (Å²) in [4.78, 5) is 24.4. The van der Waals surface area contributed by atoms with Gasteiger partial charge in [0.1, 0.15) is 5.75 Å². The van der Waals surface area contributed by atoms with Gasteiger partial charge < -0.3 is 14.8 Å². The molecule has 0 aromatic heterocycles. The van der Waals surface area contributed by atoms with Crippen molar-refractivity contribution in [3.8, 4) is 5.75 Å². The molecule has 0 fully saturated rings. The number of rotatable bonds is 7. The molecular formula is C20H20F3NO4. The first-order valence-electron chi connectivity index (χ1n) is 8.61. The number of carbonyl (C=O) groups is 2. The maximum Gasteiger partial charge on any atom is 0.416 e. The number of hydrogen-bond acceptors (Lipinski definition) is 4. The van der Waals surface area contributed by atoms with E-state index < -0.39 is 35.8 Å². The SMILES string of the molecule is CC[C@@H](Oc1ccccc1)C(=O)O[C@@H](C)C(=O)Nc1ccc(C(F)(F)F)cc1. The molecule has 0 aliphatic rings. The molecule has 0 saturated heterocycles. The Hall–Kier alpha value is -3.03. The Morgan fingerprint density at radius 3 is 2.18 bits per heavy atom. The van der Waals surface area contributed by atoms with Crippen molar-refractivity contribution in [2.45, 2.75) is 38.7 Å². The van der Waals surface area contributed by atoms with E-state index in [1.165, 1.54) is 6.92 Å². The van der Waals surface area contributed by atoms with Crippen LogP contribution in [-0.2, 0) is 20.5 Å². The van der Waals surface area contributed by atoms with Gasteiger partial charge in [0.2, 0.25) is 0 Å². The van der Waals surface area contributed by atoms with Crippen LogP contribution in [0.1, 0.15) is 25.8 Å². The third-order valence-electron chi connectivity index (χ3n) is 3.80. The van der Waals surface area contributed by atoms with E-state index in [0.29, 0.717) is 12.2 Å². The number of alkyl halides is 3. The molecule has 1 N–H and O–H groups in total. The summed E-state index contributed by atoms with van der Waals surface area (Å²) in [6.45, 7) is 3.11. The summed E-state index contributed by atoms with van der Waals surface area (Å²) in [5.74, 6) is -0.878. The van der Waals surface area contributed by atoms with E-state index in [9.17, 15) is 22.8 Å². The lowest BCUT2D eigenvalue weighted by atomic mass is 10.2. The highest BCUT2D eigenvalue weighted by molar-refractivity contribution is 5.95. The average Bonchev–Trinajstić information content (AvgIpc) is 2.66. The summed E-state index contributed by atoms with van der Waals surface area (Å²) >= 11 is 0. The fraction of sp³-hybridized carbons (Fsp3) is 0.300. The largest absolute Gasteiger partial charge is 0.479 e. The monoisotopic (exact) mass is 395 g/mol. The summed E-state index contributed by atoms with van der Waals surface area (Å²) in [6.07, 6.45) is -6.16. The molecule has 150 valence electrons. The molecule has 28 heavy (non-hydrogen) atoms. The van der Waals surface area contributed by atoms with Crippen molar-refractivity contribution in [3.05, 3.63) is 60.2 Å². The third kappa shape index (κ3) is 6.00. The van der Waals surface area contributed by atoms with Gasteiger partial charge in [0, 0.05) is 5.69 Å². The normalized spacial score (nSPS) is 13.3. The van der Waals surface area contributed by atoms with Crippen molar-refractivity contribution >= 4 is 17.6 Å². The number of amides is 1. The first-order chi connectivity index (χ1) is 13.2. The van der Waals surface area contributed by atoms with Crippen LogP contribution < -0.4 is 10.1 Å². The van der Waals surface area contributed by atoms with Crippen LogP contribution in [0.4, 0.5) is 18.9 Å². The van der Waals surface area contributed by atoms with Crippen molar-refractivity contribution in [2.75, 3.05) is 5.32 Å². The molecule has 2 rings (SSSR count). The number of nitrogens with one attached hydrogen (secondary N) is 1. The van der Waals surface area contributed by atoms with Crippen LogP contribution in [0.2, 0.25) is 0 Å². The van der Waals surface area contributed by atoms with Crippen LogP contribution in [0.5, 0.6) is 5.75 Å². The second-order valence-corrected chi connectivity index (χ2v) is 5.97. The first kappa shape index (κ1) is 21.3. The number of carbonyl (C=O) groups excluding carboxylic acids is 2. The van der Waals surface area contributed by atoms with Gasteiger partial charge in [-0.25, -0.2) is 4.79 Å². The molecule has 8 heteroatoms. The van der Waals surface area contributed by atoms with Gasteiger partial charge in [-0.3, -0.25) is 4.79 Å². The van der Waals surface area contributed by atoms with Crippen molar-refractivity contribution < 1.29 is 32.2 Å². The van der Waals surface area contributed by atoms with Crippen LogP contribution in [0, 0.1) is 0 Å². The Morgan fingerprint density at radius 1 is 1.04 bits per heavy atom. The van der Waals surface area contributed by atoms with Gasteiger partial charge >= 0.3 is 12.1 Å². The van der Waals surface area contributed by atoms with E-state index in [-0.39, 0.29) is 5.69 Å². The van der Waals surface area contributed by atoms with Crippen molar-refractivity contribution in [1.82, 2.24) is 0 Å². The van der Waals surface area contributed by atoms with Crippen molar-refractivity contribution in [3.63, 3.8) is 0 Å². The summed E-state index contributed by atoms with van der Waals surface area (Å²) in [7, 11) is 0. The molecule has 0 spiro atoms. The Kier molecular flexibility index (Phi) is 7.03. The second-order valence-electron chi connectivity index (χ2n) is 5.97. The molecule has 2 atom stereocenters. The maximum absolute atomic E-state index is 12.6. The van der Waals surface area contributed by atoms with Crippen LogP contribution in [0.25, 0.3) is 0 Å². The second kappa shape index (κ2) is 9.25. The molecule has 2 aromatic carbocycles. The minimum Gasteiger partial charge on any atom is -0.479 e. The molecule has 5 nitrogen and oxygen atoms in total. The van der Waals surface area contributed by atoms with E-state index in [4.69, 9.17) is 9.47 Å². The number of para-hydroxylation sites is 1. The van der Waals surface area contributed by atoms with Crippen LogP contribution in [-0.4, -0.2) is 24.1 Å². The Balaban J connectivity index is 1.92. The minimum atomic E-state index is -4.46. The molecule has 0 unspecified atom stereocenters. The maximum atomic E-state index is 12.6. The summed E-state index contributed by atoms with van der Waals surface area (Å²) < 4.78 is 48.4. The number of halogens is 3. The lowest BCUT2D eigenvalue weighted by Gasteiger charge is -2.19. The lowest BCUT2D eigenvalue weighted by molar-refractivity contribution is -0.160. The minimum absolute atomic E-state index is 0.161. The summed E-state index contributed by atoms with van der Waals surface area (Å²) in [5.41, 5.74) is -0.665. The smallest absolute Gasteiger partial charge is 0.416 e. The quantitative estimate of drug-likeness (QED) is 0.705. The topological polar surface area (TPSA) is 64.6 Å². The number of hydrogen-bond donors (Lipinski definition) is 1. The molecule has 0 heterocycles. The van der Waals surface area contributed by atoms with E-state index in [1.807, 2.05) is 0 Å². The molecule has 0 aliphatic carbocycles. The summed E-state index contributed by atoms with van der Waals surface area (Å²) in [5, 5.41) is 2.41. The van der Waals surface area contributed by atoms with Gasteiger partial charge in [0.25, 0.3) is 5.91 Å². The Labute approximate surface area is 160 Å². The average molecular weight is 395 g/mol. The van der Waals surface area contributed by atoms with Crippen LogP contribution >= 0.6 is 0 Å². The highest BCUT2D eigenvalue weighted by atomic mass is 19.4. The molecule has 1 amide bonds.